The third-order valence-corrected chi connectivity index (χ3v) is 9.01. The molecule has 13 heteroatoms. The quantitative estimate of drug-likeness (QED) is 0.0172. The van der Waals surface area contributed by atoms with Crippen LogP contribution in [0.5, 0.6) is 0 Å². The molecule has 12 nitrogen and oxygen atoms in total. The zero-order valence-electron chi connectivity index (χ0n) is 35.2. The summed E-state index contributed by atoms with van der Waals surface area (Å²) in [5, 5.41) is 17.6. The molecule has 0 heterocycles. The van der Waals surface area contributed by atoms with Crippen LogP contribution in [0.15, 0.2) is 60.8 Å². The lowest BCUT2D eigenvalue weighted by Crippen LogP contribution is -2.34. The highest BCUT2D eigenvalue weighted by molar-refractivity contribution is 7.46. The van der Waals surface area contributed by atoms with Gasteiger partial charge in [-0.1, -0.05) is 139 Å². The molecule has 0 fully saturated rings. The van der Waals surface area contributed by atoms with Gasteiger partial charge in [0.15, 0.2) is 6.10 Å². The van der Waals surface area contributed by atoms with Crippen LogP contribution >= 0.6 is 7.82 Å². The van der Waals surface area contributed by atoms with Crippen molar-refractivity contribution in [1.82, 2.24) is 0 Å². The monoisotopic (exact) mass is 828 g/mol. The third-order valence-electron chi connectivity index (χ3n) is 8.52. The van der Waals surface area contributed by atoms with E-state index in [-0.39, 0.29) is 31.6 Å². The molecule has 330 valence electrons. The van der Waals surface area contributed by atoms with E-state index in [4.69, 9.17) is 30.1 Å². The Labute approximate surface area is 344 Å². The summed E-state index contributed by atoms with van der Waals surface area (Å²) >= 11 is 0. The van der Waals surface area contributed by atoms with Crippen LogP contribution in [0.1, 0.15) is 168 Å². The van der Waals surface area contributed by atoms with Crippen LogP contribution in [0.2, 0.25) is 0 Å². The van der Waals surface area contributed by atoms with Crippen molar-refractivity contribution in [2.45, 2.75) is 180 Å². The summed E-state index contributed by atoms with van der Waals surface area (Å²) in [4.78, 5) is 50.3. The van der Waals surface area contributed by atoms with Crippen LogP contribution < -0.4 is 5.73 Å². The molecular formula is C44H78NO11P. The van der Waals surface area contributed by atoms with Crippen LogP contribution in [0.3, 0.4) is 0 Å². The van der Waals surface area contributed by atoms with Crippen molar-refractivity contribution < 1.29 is 52.9 Å². The molecule has 0 aromatic rings. The second-order valence-electron chi connectivity index (χ2n) is 14.0. The Morgan fingerprint density at radius 3 is 1.47 bits per heavy atom. The summed E-state index contributed by atoms with van der Waals surface area (Å²) in [7, 11) is -4.60. The standard InChI is InChI=1S/C41H70O5.C3H8NO6P/c1-3-5-7-9-11-13-15-17-19-20-22-24-26-28-30-32-34-36-41(44)46-39(37-42)38-45-40(43)35-33-31-29-27-25-23-21-18-16-14-12-10-8-6-4-2;4-2(3(5)6)1-10-11(7,8)9/h11,13,17-19,21-22,24,28,30,39,42H,3-10,12,14-16,20,23,25-27,29,31-38H2,1-2H3;2H,1,4H2,(H,5,6)(H2,7,8,9)/b13-11-,19-17-,21-18-,24-22-,30-28-;. The second kappa shape index (κ2) is 42.7. The molecule has 2 unspecified atom stereocenters. The summed E-state index contributed by atoms with van der Waals surface area (Å²) in [5.41, 5.74) is 4.86. The highest BCUT2D eigenvalue weighted by atomic mass is 31.2. The number of allylic oxidation sites excluding steroid dienone is 10. The predicted octanol–water partition coefficient (Wildman–Crippen LogP) is 10.1. The summed E-state index contributed by atoms with van der Waals surface area (Å²) in [6.45, 7) is 3.33. The zero-order valence-corrected chi connectivity index (χ0v) is 36.1. The molecule has 0 aromatic heterocycles. The number of aliphatic carboxylic acids is 1. The Morgan fingerprint density at radius 2 is 0.982 bits per heavy atom. The van der Waals surface area contributed by atoms with Gasteiger partial charge in [-0.25, -0.2) is 4.57 Å². The number of aliphatic hydroxyl groups excluding tert-OH is 1. The average molecular weight is 828 g/mol. The van der Waals surface area contributed by atoms with E-state index in [1.54, 1.807) is 0 Å². The molecule has 57 heavy (non-hydrogen) atoms. The average Bonchev–Trinajstić information content (AvgIpc) is 3.18. The molecule has 0 bridgehead atoms. The first kappa shape index (κ1) is 56.2. The van der Waals surface area contributed by atoms with Gasteiger partial charge in [-0.2, -0.15) is 0 Å². The molecule has 0 radical (unpaired) electrons. The molecule has 0 aromatic carbocycles. The number of carbonyl (C=O) groups excluding carboxylic acids is 2. The van der Waals surface area contributed by atoms with Gasteiger partial charge in [0.25, 0.3) is 0 Å². The van der Waals surface area contributed by atoms with E-state index in [0.29, 0.717) is 12.8 Å². The second-order valence-corrected chi connectivity index (χ2v) is 15.3. The molecule has 0 amide bonds. The van der Waals surface area contributed by atoms with Crippen molar-refractivity contribution in [2.24, 2.45) is 5.73 Å². The Kier molecular flexibility index (Phi) is 42.2. The maximum absolute atomic E-state index is 12.1. The maximum atomic E-state index is 12.1. The molecule has 2 atom stereocenters. The molecule has 0 aliphatic rings. The van der Waals surface area contributed by atoms with E-state index in [1.807, 2.05) is 0 Å². The van der Waals surface area contributed by atoms with Crippen molar-refractivity contribution in [1.29, 1.82) is 0 Å². The van der Waals surface area contributed by atoms with E-state index >= 15 is 0 Å². The number of hydrogen-bond acceptors (Lipinski definition) is 9. The van der Waals surface area contributed by atoms with Gasteiger partial charge >= 0.3 is 25.7 Å². The lowest BCUT2D eigenvalue weighted by Gasteiger charge is -2.15. The molecule has 0 saturated heterocycles. The van der Waals surface area contributed by atoms with Crippen molar-refractivity contribution in [3.8, 4) is 0 Å². The Balaban J connectivity index is 0. The topological polar surface area (TPSA) is 203 Å². The fourth-order valence-corrected chi connectivity index (χ4v) is 5.50. The van der Waals surface area contributed by atoms with E-state index < -0.39 is 32.5 Å². The van der Waals surface area contributed by atoms with Crippen LogP contribution in [0.25, 0.3) is 0 Å². The molecule has 6 N–H and O–H groups in total. The minimum Gasteiger partial charge on any atom is -0.480 e. The van der Waals surface area contributed by atoms with Gasteiger partial charge in [-0.3, -0.25) is 18.9 Å². The Morgan fingerprint density at radius 1 is 0.579 bits per heavy atom. The lowest BCUT2D eigenvalue weighted by molar-refractivity contribution is -0.161. The highest BCUT2D eigenvalue weighted by Gasteiger charge is 2.19. The highest BCUT2D eigenvalue weighted by Crippen LogP contribution is 2.35. The number of nitrogens with two attached hydrogens (primary N) is 1. The number of carboxylic acids is 1. The van der Waals surface area contributed by atoms with Crippen LogP contribution in [-0.2, 0) is 32.9 Å². The van der Waals surface area contributed by atoms with E-state index in [9.17, 15) is 24.1 Å². The van der Waals surface area contributed by atoms with Gasteiger partial charge < -0.3 is 35.2 Å². The Hall–Kier alpha value is -2.86. The lowest BCUT2D eigenvalue weighted by atomic mass is 10.1. The van der Waals surface area contributed by atoms with Crippen LogP contribution in [0.4, 0.5) is 0 Å². The maximum Gasteiger partial charge on any atom is 0.469 e. The number of esters is 2. The number of ether oxygens (including phenoxy) is 2. The number of carbonyl (C=O) groups is 3. The SMILES string of the molecule is CCCCC/C=C\C/C=C\C/C=C\C/C=C\CCCC(=O)OC(CO)COC(=O)CCCCCCC/C=C\CCCCCCCC.NC(COP(=O)(O)O)C(=O)O. The number of unbranched alkanes of at least 4 members (excludes halogenated alkanes) is 15. The minimum atomic E-state index is -4.60. The first-order valence-corrected chi connectivity index (χ1v) is 22.9. The van der Waals surface area contributed by atoms with Crippen molar-refractivity contribution >= 4 is 25.7 Å². The van der Waals surface area contributed by atoms with Crippen LogP contribution in [0, 0.1) is 0 Å². The largest absolute Gasteiger partial charge is 0.480 e. The van der Waals surface area contributed by atoms with Gasteiger partial charge in [0.05, 0.1) is 13.2 Å². The molecule has 0 spiro atoms. The molecule has 0 aliphatic carbocycles. The first-order valence-electron chi connectivity index (χ1n) is 21.4. The van der Waals surface area contributed by atoms with E-state index in [1.165, 1.54) is 83.5 Å². The Bertz CT molecular complexity index is 1160. The summed E-state index contributed by atoms with van der Waals surface area (Å²) in [5.74, 6) is -2.05. The van der Waals surface area contributed by atoms with Gasteiger partial charge in [0.2, 0.25) is 0 Å². The number of phosphoric acid groups is 1. The molecule has 0 rings (SSSR count). The summed E-state index contributed by atoms with van der Waals surface area (Å²) in [6, 6.07) is -1.41. The molecular weight excluding hydrogens is 749 g/mol. The number of rotatable bonds is 37. The number of phosphoric ester groups is 1. The summed E-state index contributed by atoms with van der Waals surface area (Å²) < 4.78 is 24.3. The smallest absolute Gasteiger partial charge is 0.469 e. The van der Waals surface area contributed by atoms with E-state index in [0.717, 1.165) is 51.4 Å². The van der Waals surface area contributed by atoms with Crippen molar-refractivity contribution in [3.63, 3.8) is 0 Å². The van der Waals surface area contributed by atoms with E-state index in [2.05, 4.69) is 79.1 Å². The normalized spacial score (nSPS) is 13.2. The fourth-order valence-electron chi connectivity index (χ4n) is 5.14. The van der Waals surface area contributed by atoms with Crippen molar-refractivity contribution in [3.05, 3.63) is 60.8 Å². The first-order chi connectivity index (χ1) is 27.5. The number of carboxylic acid groups (broad SMARTS) is 1. The van der Waals surface area contributed by atoms with Crippen molar-refractivity contribution in [2.75, 3.05) is 19.8 Å². The van der Waals surface area contributed by atoms with Gasteiger partial charge in [0, 0.05) is 12.8 Å². The number of aliphatic hydroxyl groups is 1. The molecule has 0 saturated carbocycles. The zero-order chi connectivity index (χ0) is 42.7. The van der Waals surface area contributed by atoms with Crippen LogP contribution in [-0.4, -0.2) is 69.9 Å². The summed E-state index contributed by atoms with van der Waals surface area (Å²) in [6.07, 6.45) is 47.1. The molecule has 0 aliphatic heterocycles. The van der Waals surface area contributed by atoms with Gasteiger partial charge in [0.1, 0.15) is 12.6 Å². The minimum absolute atomic E-state index is 0.0939. The predicted molar refractivity (Wildman–Crippen MR) is 229 cm³/mol. The fraction of sp³-hybridized carbons (Fsp3) is 0.705. The van der Waals surface area contributed by atoms with Gasteiger partial charge in [-0.15, -0.1) is 0 Å². The van der Waals surface area contributed by atoms with Gasteiger partial charge in [-0.05, 0) is 77.0 Å². The third kappa shape index (κ3) is 47.4. The number of hydrogen-bond donors (Lipinski definition) is 5.